The standard InChI is InChI=1S/C26H20Cl2N2O5S2/c1-33-18-7-5-17(6-8-18)30-25(32)23(37-26(30)36)12-15-3-10-21(22(11-15)34-2)35-14-24(31)29-16-4-9-19(27)20(28)13-16/h3-13H,14H2,1-2H3,(H,29,31)/b23-12-. The zero-order valence-electron chi connectivity index (χ0n) is 19.6. The highest BCUT2D eigenvalue weighted by Crippen LogP contribution is 2.37. The maximum absolute atomic E-state index is 13.1. The number of carbonyl (C=O) groups excluding carboxylic acids is 2. The van der Waals surface area contributed by atoms with E-state index in [-0.39, 0.29) is 18.4 Å². The molecule has 1 fully saturated rings. The number of methoxy groups -OCH3 is 2. The summed E-state index contributed by atoms with van der Waals surface area (Å²) < 4.78 is 16.7. The van der Waals surface area contributed by atoms with Crippen molar-refractivity contribution in [3.05, 3.63) is 81.2 Å². The number of nitrogens with one attached hydrogen (secondary N) is 1. The molecule has 1 saturated heterocycles. The van der Waals surface area contributed by atoms with Crippen molar-refractivity contribution in [1.29, 1.82) is 0 Å². The predicted molar refractivity (Wildman–Crippen MR) is 152 cm³/mol. The van der Waals surface area contributed by atoms with Gasteiger partial charge in [-0.05, 0) is 66.2 Å². The molecule has 0 aromatic heterocycles. The third-order valence-corrected chi connectivity index (χ3v) is 7.21. The first-order valence-electron chi connectivity index (χ1n) is 10.8. The Labute approximate surface area is 233 Å². The summed E-state index contributed by atoms with van der Waals surface area (Å²) in [6.07, 6.45) is 1.73. The monoisotopic (exact) mass is 574 g/mol. The van der Waals surface area contributed by atoms with Crippen LogP contribution in [0.5, 0.6) is 17.2 Å². The van der Waals surface area contributed by atoms with Gasteiger partial charge in [-0.2, -0.15) is 0 Å². The molecule has 3 aromatic carbocycles. The van der Waals surface area contributed by atoms with Gasteiger partial charge in [0, 0.05) is 5.69 Å². The average molecular weight is 575 g/mol. The van der Waals surface area contributed by atoms with Crippen LogP contribution in [-0.2, 0) is 9.59 Å². The topological polar surface area (TPSA) is 77.1 Å². The molecular formula is C26H20Cl2N2O5S2. The molecule has 11 heteroatoms. The molecule has 3 aromatic rings. The van der Waals surface area contributed by atoms with E-state index >= 15 is 0 Å². The summed E-state index contributed by atoms with van der Waals surface area (Å²) in [6.45, 7) is -0.254. The second-order valence-electron chi connectivity index (χ2n) is 7.59. The number of hydrogen-bond acceptors (Lipinski definition) is 7. The molecule has 37 heavy (non-hydrogen) atoms. The fourth-order valence-corrected chi connectivity index (χ4v) is 4.98. The smallest absolute Gasteiger partial charge is 0.270 e. The maximum Gasteiger partial charge on any atom is 0.270 e. The Morgan fingerprint density at radius 2 is 1.76 bits per heavy atom. The number of benzene rings is 3. The maximum atomic E-state index is 13.1. The van der Waals surface area contributed by atoms with Crippen LogP contribution in [0.2, 0.25) is 10.0 Å². The van der Waals surface area contributed by atoms with Crippen LogP contribution in [0.25, 0.3) is 6.08 Å². The van der Waals surface area contributed by atoms with E-state index in [2.05, 4.69) is 5.32 Å². The Balaban J connectivity index is 1.44. The minimum Gasteiger partial charge on any atom is -0.497 e. The molecule has 190 valence electrons. The molecule has 0 aliphatic carbocycles. The molecule has 0 atom stereocenters. The summed E-state index contributed by atoms with van der Waals surface area (Å²) in [5, 5.41) is 3.41. The molecule has 1 N–H and O–H groups in total. The largest absolute Gasteiger partial charge is 0.497 e. The molecule has 7 nitrogen and oxygen atoms in total. The van der Waals surface area contributed by atoms with Gasteiger partial charge in [0.1, 0.15) is 5.75 Å². The number of thioether (sulfide) groups is 1. The first-order valence-corrected chi connectivity index (χ1v) is 12.7. The van der Waals surface area contributed by atoms with Crippen molar-refractivity contribution in [3.8, 4) is 17.2 Å². The van der Waals surface area contributed by atoms with Crippen LogP contribution in [0, 0.1) is 0 Å². The Morgan fingerprint density at radius 1 is 1.00 bits per heavy atom. The number of hydrogen-bond donors (Lipinski definition) is 1. The summed E-state index contributed by atoms with van der Waals surface area (Å²) in [5.41, 5.74) is 1.86. The highest BCUT2D eigenvalue weighted by molar-refractivity contribution is 8.27. The number of ether oxygens (including phenoxy) is 3. The van der Waals surface area contributed by atoms with Crippen LogP contribution in [-0.4, -0.2) is 37.0 Å². The summed E-state index contributed by atoms with van der Waals surface area (Å²) in [5.74, 6) is 0.854. The van der Waals surface area contributed by atoms with Crippen LogP contribution in [0.4, 0.5) is 11.4 Å². The minimum atomic E-state index is -0.383. The van der Waals surface area contributed by atoms with Crippen molar-refractivity contribution < 1.29 is 23.8 Å². The van der Waals surface area contributed by atoms with Gasteiger partial charge < -0.3 is 19.5 Å². The predicted octanol–water partition coefficient (Wildman–Crippen LogP) is 6.43. The Hall–Kier alpha value is -3.24. The summed E-state index contributed by atoms with van der Waals surface area (Å²) >= 11 is 18.5. The van der Waals surface area contributed by atoms with Crippen molar-refractivity contribution >= 4 is 80.8 Å². The lowest BCUT2D eigenvalue weighted by Crippen LogP contribution is -2.27. The first-order chi connectivity index (χ1) is 17.8. The SMILES string of the molecule is COc1ccc(N2C(=O)/C(=C/c3ccc(OCC(=O)Nc4ccc(Cl)c(Cl)c4)c(OC)c3)SC2=S)cc1. The summed E-state index contributed by atoms with van der Waals surface area (Å²) in [7, 11) is 3.07. The number of amides is 2. The lowest BCUT2D eigenvalue weighted by atomic mass is 10.1. The molecular weight excluding hydrogens is 555 g/mol. The molecule has 1 aliphatic rings. The number of rotatable bonds is 8. The van der Waals surface area contributed by atoms with Crippen LogP contribution in [0.1, 0.15) is 5.56 Å². The van der Waals surface area contributed by atoms with Crippen LogP contribution in [0.3, 0.4) is 0 Å². The van der Waals surface area contributed by atoms with E-state index in [1.807, 2.05) is 0 Å². The van der Waals surface area contributed by atoms with Gasteiger partial charge in [-0.25, -0.2) is 0 Å². The Morgan fingerprint density at radius 3 is 2.43 bits per heavy atom. The Bertz CT molecular complexity index is 1400. The molecule has 0 radical (unpaired) electrons. The normalized spacial score (nSPS) is 14.2. The van der Waals surface area contributed by atoms with Gasteiger partial charge in [-0.15, -0.1) is 0 Å². The quantitative estimate of drug-likeness (QED) is 0.245. The van der Waals surface area contributed by atoms with E-state index < -0.39 is 0 Å². The van der Waals surface area contributed by atoms with Gasteiger partial charge in [0.2, 0.25) is 0 Å². The van der Waals surface area contributed by atoms with Gasteiger partial charge in [0.25, 0.3) is 11.8 Å². The zero-order valence-corrected chi connectivity index (χ0v) is 22.8. The minimum absolute atomic E-state index is 0.224. The van der Waals surface area contributed by atoms with E-state index in [0.29, 0.717) is 53.5 Å². The molecule has 2 amide bonds. The van der Waals surface area contributed by atoms with Crippen LogP contribution < -0.4 is 24.4 Å². The molecule has 1 heterocycles. The fraction of sp³-hybridized carbons (Fsp3) is 0.115. The van der Waals surface area contributed by atoms with Gasteiger partial charge in [-0.3, -0.25) is 14.5 Å². The molecule has 0 bridgehead atoms. The second-order valence-corrected chi connectivity index (χ2v) is 10.1. The van der Waals surface area contributed by atoms with E-state index in [9.17, 15) is 9.59 Å². The number of carbonyl (C=O) groups is 2. The third-order valence-electron chi connectivity index (χ3n) is 5.17. The summed E-state index contributed by atoms with van der Waals surface area (Å²) in [4.78, 5) is 27.3. The average Bonchev–Trinajstić information content (AvgIpc) is 3.17. The van der Waals surface area contributed by atoms with Crippen molar-refractivity contribution in [2.24, 2.45) is 0 Å². The third kappa shape index (κ3) is 6.37. The summed E-state index contributed by atoms with van der Waals surface area (Å²) in [6, 6.07) is 17.0. The van der Waals surface area contributed by atoms with E-state index in [0.717, 1.165) is 0 Å². The lowest BCUT2D eigenvalue weighted by molar-refractivity contribution is -0.118. The van der Waals surface area contributed by atoms with Gasteiger partial charge in [-0.1, -0.05) is 53.2 Å². The molecule has 0 unspecified atom stereocenters. The second kappa shape index (κ2) is 11.9. The number of anilines is 2. The number of halogens is 2. The van der Waals surface area contributed by atoms with Crippen LogP contribution in [0.15, 0.2) is 65.6 Å². The van der Waals surface area contributed by atoms with Crippen molar-refractivity contribution in [3.63, 3.8) is 0 Å². The molecule has 0 saturated carbocycles. The molecule has 1 aliphatic heterocycles. The molecule has 0 spiro atoms. The molecule has 4 rings (SSSR count). The van der Waals surface area contributed by atoms with Crippen molar-refractivity contribution in [2.45, 2.75) is 0 Å². The number of thiocarbonyl (C=S) groups is 1. The highest BCUT2D eigenvalue weighted by atomic mass is 35.5. The van der Waals surface area contributed by atoms with Gasteiger partial charge >= 0.3 is 0 Å². The van der Waals surface area contributed by atoms with Crippen LogP contribution >= 0.6 is 47.2 Å². The lowest BCUT2D eigenvalue weighted by Gasteiger charge is -2.14. The highest BCUT2D eigenvalue weighted by Gasteiger charge is 2.33. The van der Waals surface area contributed by atoms with E-state index in [1.165, 1.54) is 23.8 Å². The number of nitrogens with zero attached hydrogens (tertiary/aromatic N) is 1. The van der Waals surface area contributed by atoms with E-state index in [1.54, 1.807) is 73.8 Å². The fourth-order valence-electron chi connectivity index (χ4n) is 3.38. The Kier molecular flexibility index (Phi) is 8.60. The van der Waals surface area contributed by atoms with Crippen molar-refractivity contribution in [1.82, 2.24) is 0 Å². The van der Waals surface area contributed by atoms with Gasteiger partial charge in [0.05, 0.1) is 34.9 Å². The zero-order chi connectivity index (χ0) is 26.5. The van der Waals surface area contributed by atoms with Crippen molar-refractivity contribution in [2.75, 3.05) is 31.0 Å². The van der Waals surface area contributed by atoms with Gasteiger partial charge in [0.15, 0.2) is 22.4 Å². The van der Waals surface area contributed by atoms with E-state index in [4.69, 9.17) is 49.6 Å². The first kappa shape index (κ1) is 26.8.